The molecule has 0 fully saturated rings. The van der Waals surface area contributed by atoms with Gasteiger partial charge in [-0.3, -0.25) is 9.98 Å². The Kier molecular flexibility index (Phi) is 8.72. The first-order chi connectivity index (χ1) is 18.6. The number of hydrogen-bond donors (Lipinski definition) is 2. The van der Waals surface area contributed by atoms with Crippen LogP contribution >= 0.6 is 0 Å². The Morgan fingerprint density at radius 2 is 1.55 bits per heavy atom. The van der Waals surface area contributed by atoms with Crippen LogP contribution in [0.3, 0.4) is 0 Å². The summed E-state index contributed by atoms with van der Waals surface area (Å²) in [5, 5.41) is 17.0. The molecule has 1 atom stereocenters. The van der Waals surface area contributed by atoms with Crippen molar-refractivity contribution in [1.82, 2.24) is 4.98 Å². The standard InChI is InChI=1S/C24H18F9N5O2/c25-16-4-7-18(19(26)9-16)21(39,11-35-13-37-38-34)23(29,30)20-8-3-15(10-36-20)14-1-5-17(6-2-14)40-12-22(27,28)24(31,32)33/h1-10,13,39H,11-12H2,(H2,34,35,37). The van der Waals surface area contributed by atoms with Crippen molar-refractivity contribution in [2.45, 2.75) is 23.6 Å². The van der Waals surface area contributed by atoms with Gasteiger partial charge in [0.2, 0.25) is 0 Å². The summed E-state index contributed by atoms with van der Waals surface area (Å²) in [6.45, 7) is -3.11. The van der Waals surface area contributed by atoms with Crippen LogP contribution in [0.15, 0.2) is 76.1 Å². The van der Waals surface area contributed by atoms with E-state index in [0.29, 0.717) is 24.5 Å². The van der Waals surface area contributed by atoms with Gasteiger partial charge < -0.3 is 15.7 Å². The number of nitrogens with two attached hydrogens (primary N) is 1. The number of nitrogens with zero attached hydrogens (tertiary/aromatic N) is 4. The molecule has 16 heteroatoms. The van der Waals surface area contributed by atoms with Crippen LogP contribution in [0, 0.1) is 11.6 Å². The van der Waals surface area contributed by atoms with Crippen LogP contribution in [0.25, 0.3) is 11.1 Å². The molecule has 0 aliphatic rings. The van der Waals surface area contributed by atoms with Crippen molar-refractivity contribution in [3.63, 3.8) is 0 Å². The molecule has 0 saturated carbocycles. The van der Waals surface area contributed by atoms with Crippen molar-refractivity contribution in [1.29, 1.82) is 0 Å². The molecule has 3 rings (SSSR count). The first-order valence-corrected chi connectivity index (χ1v) is 10.9. The van der Waals surface area contributed by atoms with Gasteiger partial charge in [-0.15, -0.1) is 5.11 Å². The molecule has 0 spiro atoms. The predicted octanol–water partition coefficient (Wildman–Crippen LogP) is 5.94. The fraction of sp³-hybridized carbons (Fsp3) is 0.250. The highest BCUT2D eigenvalue weighted by Gasteiger charge is 2.58. The summed E-state index contributed by atoms with van der Waals surface area (Å²) in [4.78, 5) is 7.13. The minimum Gasteiger partial charge on any atom is -0.487 e. The number of halogens is 9. The Balaban J connectivity index is 1.88. The Hall–Kier alpha value is -4.21. The summed E-state index contributed by atoms with van der Waals surface area (Å²) in [5.74, 6) is -7.48. The molecule has 1 aromatic heterocycles. The Morgan fingerprint density at radius 1 is 0.900 bits per heavy atom. The molecular formula is C24H18F9N5O2. The van der Waals surface area contributed by atoms with Crippen molar-refractivity contribution < 1.29 is 49.4 Å². The average molecular weight is 579 g/mol. The van der Waals surface area contributed by atoms with E-state index in [1.807, 2.05) is 0 Å². The molecule has 0 radical (unpaired) electrons. The quantitative estimate of drug-likeness (QED) is 0.0775. The third-order valence-corrected chi connectivity index (χ3v) is 5.52. The van der Waals surface area contributed by atoms with Crippen LogP contribution in [0.4, 0.5) is 39.5 Å². The second-order valence-electron chi connectivity index (χ2n) is 8.19. The van der Waals surface area contributed by atoms with Gasteiger partial charge in [-0.05, 0) is 35.9 Å². The topological polar surface area (TPSA) is 105 Å². The second kappa shape index (κ2) is 11.5. The molecule has 3 aromatic rings. The van der Waals surface area contributed by atoms with Crippen LogP contribution in [0.2, 0.25) is 0 Å². The number of hydrogen-bond acceptors (Lipinski definition) is 5. The van der Waals surface area contributed by atoms with Gasteiger partial charge in [0, 0.05) is 23.4 Å². The lowest BCUT2D eigenvalue weighted by Gasteiger charge is -2.34. The zero-order chi connectivity index (χ0) is 29.8. The highest BCUT2D eigenvalue weighted by Crippen LogP contribution is 2.46. The van der Waals surface area contributed by atoms with Gasteiger partial charge in [0.15, 0.2) is 12.2 Å². The van der Waals surface area contributed by atoms with E-state index >= 15 is 8.78 Å². The molecule has 0 aliphatic carbocycles. The van der Waals surface area contributed by atoms with Gasteiger partial charge in [-0.25, -0.2) is 8.78 Å². The smallest absolute Gasteiger partial charge is 0.456 e. The van der Waals surface area contributed by atoms with E-state index in [0.717, 1.165) is 30.5 Å². The fourth-order valence-corrected chi connectivity index (χ4v) is 3.38. The minimum absolute atomic E-state index is 0.199. The van der Waals surface area contributed by atoms with E-state index in [-0.39, 0.29) is 16.9 Å². The molecule has 0 amide bonds. The molecule has 3 N–H and O–H groups in total. The molecule has 1 heterocycles. The maximum atomic E-state index is 15.6. The molecule has 214 valence electrons. The molecule has 2 aromatic carbocycles. The summed E-state index contributed by atoms with van der Waals surface area (Å²) in [6.07, 6.45) is -4.21. The van der Waals surface area contributed by atoms with E-state index in [1.165, 1.54) is 12.1 Å². The van der Waals surface area contributed by atoms with Crippen molar-refractivity contribution in [2.75, 3.05) is 13.2 Å². The van der Waals surface area contributed by atoms with Crippen LogP contribution in [0.5, 0.6) is 5.75 Å². The lowest BCUT2D eigenvalue weighted by Crippen LogP contribution is -2.47. The van der Waals surface area contributed by atoms with Crippen LogP contribution in [-0.2, 0) is 11.5 Å². The average Bonchev–Trinajstić information content (AvgIpc) is 2.89. The monoisotopic (exact) mass is 579 g/mol. The van der Waals surface area contributed by atoms with Crippen LogP contribution < -0.4 is 10.6 Å². The number of ether oxygens (including phenoxy) is 1. The van der Waals surface area contributed by atoms with Gasteiger partial charge in [-0.1, -0.05) is 23.4 Å². The van der Waals surface area contributed by atoms with Crippen molar-refractivity contribution >= 4 is 6.34 Å². The van der Waals surface area contributed by atoms with E-state index in [9.17, 15) is 35.8 Å². The van der Waals surface area contributed by atoms with Gasteiger partial charge in [0.25, 0.3) is 0 Å². The Morgan fingerprint density at radius 3 is 2.10 bits per heavy atom. The number of aliphatic imine (C=N–C) groups is 1. The summed E-state index contributed by atoms with van der Waals surface area (Å²) in [7, 11) is 0. The lowest BCUT2D eigenvalue weighted by atomic mass is 9.84. The van der Waals surface area contributed by atoms with Gasteiger partial charge in [0.05, 0.1) is 6.54 Å². The largest absolute Gasteiger partial charge is 0.487 e. The SMILES string of the molecule is NN=NC=NCC(O)(c1ccc(F)cc1F)C(F)(F)c1ccc(-c2ccc(OCC(F)(F)C(F)(F)F)cc2)cn1. The predicted molar refractivity (Wildman–Crippen MR) is 123 cm³/mol. The van der Waals surface area contributed by atoms with E-state index in [1.54, 1.807) is 0 Å². The van der Waals surface area contributed by atoms with Crippen LogP contribution in [0.1, 0.15) is 11.3 Å². The summed E-state index contributed by atoms with van der Waals surface area (Å²) < 4.78 is 127. The van der Waals surface area contributed by atoms with E-state index in [4.69, 9.17) is 5.84 Å². The molecule has 7 nitrogen and oxygen atoms in total. The molecule has 40 heavy (non-hydrogen) atoms. The number of aliphatic hydroxyl groups is 1. The Bertz CT molecular complexity index is 1360. The van der Waals surface area contributed by atoms with Gasteiger partial charge in [-0.2, -0.15) is 30.7 Å². The molecule has 0 aliphatic heterocycles. The molecular weight excluding hydrogens is 561 g/mol. The summed E-state index contributed by atoms with van der Waals surface area (Å²) in [6, 6.07) is 8.19. The highest BCUT2D eigenvalue weighted by atomic mass is 19.4. The fourth-order valence-electron chi connectivity index (χ4n) is 3.38. The van der Waals surface area contributed by atoms with Crippen LogP contribution in [-0.4, -0.2) is 41.7 Å². The molecule has 0 saturated heterocycles. The highest BCUT2D eigenvalue weighted by molar-refractivity contribution is 5.63. The minimum atomic E-state index is -5.79. The van der Waals surface area contributed by atoms with Crippen molar-refractivity contribution in [2.24, 2.45) is 21.2 Å². The van der Waals surface area contributed by atoms with E-state index < -0.39 is 59.7 Å². The number of pyridine rings is 1. The first kappa shape index (κ1) is 30.3. The first-order valence-electron chi connectivity index (χ1n) is 10.9. The summed E-state index contributed by atoms with van der Waals surface area (Å²) >= 11 is 0. The number of benzene rings is 2. The molecule has 0 bridgehead atoms. The lowest BCUT2D eigenvalue weighted by molar-refractivity contribution is -0.290. The summed E-state index contributed by atoms with van der Waals surface area (Å²) in [5.41, 5.74) is -4.92. The van der Waals surface area contributed by atoms with Gasteiger partial charge in [0.1, 0.15) is 29.4 Å². The Labute approximate surface area is 219 Å². The van der Waals surface area contributed by atoms with E-state index in [2.05, 4.69) is 25.1 Å². The third-order valence-electron chi connectivity index (χ3n) is 5.52. The molecule has 1 unspecified atom stereocenters. The maximum absolute atomic E-state index is 15.6. The second-order valence-corrected chi connectivity index (χ2v) is 8.19. The van der Waals surface area contributed by atoms with Crippen molar-refractivity contribution in [3.8, 4) is 16.9 Å². The van der Waals surface area contributed by atoms with Crippen molar-refractivity contribution in [3.05, 3.63) is 83.7 Å². The maximum Gasteiger partial charge on any atom is 0.456 e. The normalized spacial score (nSPS) is 14.6. The third kappa shape index (κ3) is 6.32. The van der Waals surface area contributed by atoms with Gasteiger partial charge >= 0.3 is 18.0 Å². The number of aromatic nitrogens is 1. The zero-order valence-corrected chi connectivity index (χ0v) is 19.9. The number of alkyl halides is 7. The number of rotatable bonds is 10. The zero-order valence-electron chi connectivity index (χ0n) is 19.9.